The standard InChI is InChI=1S/C21H34N6O2/c1-23-21(25-10-3-13-29-15-16-5-6-16)26-14-18-4-2-9-24-20(18)27-11-7-17(8-12-27)19(22)28/h2,4,9,16-17H,3,5-8,10-15H2,1H3,(H2,22,28)(H2,23,25,26). The van der Waals surface area contributed by atoms with Crippen molar-refractivity contribution in [1.29, 1.82) is 0 Å². The Kier molecular flexibility index (Phi) is 8.10. The van der Waals surface area contributed by atoms with Gasteiger partial charge in [-0.2, -0.15) is 0 Å². The van der Waals surface area contributed by atoms with E-state index in [-0.39, 0.29) is 11.8 Å². The van der Waals surface area contributed by atoms with Crippen molar-refractivity contribution in [3.8, 4) is 0 Å². The highest BCUT2D eigenvalue weighted by Crippen LogP contribution is 2.28. The molecular formula is C21H34N6O2. The van der Waals surface area contributed by atoms with E-state index >= 15 is 0 Å². The number of carbonyl (C=O) groups excluding carboxylic acids is 1. The predicted molar refractivity (Wildman–Crippen MR) is 115 cm³/mol. The molecule has 1 saturated carbocycles. The number of hydrogen-bond acceptors (Lipinski definition) is 5. The van der Waals surface area contributed by atoms with Gasteiger partial charge in [0.05, 0.1) is 0 Å². The lowest BCUT2D eigenvalue weighted by molar-refractivity contribution is -0.122. The molecule has 0 spiro atoms. The van der Waals surface area contributed by atoms with E-state index in [1.165, 1.54) is 12.8 Å². The molecular weight excluding hydrogens is 368 g/mol. The number of nitrogens with zero attached hydrogens (tertiary/aromatic N) is 3. The van der Waals surface area contributed by atoms with E-state index in [9.17, 15) is 4.79 Å². The maximum atomic E-state index is 11.4. The fourth-order valence-electron chi connectivity index (χ4n) is 3.54. The van der Waals surface area contributed by atoms with Gasteiger partial charge in [-0.15, -0.1) is 0 Å². The summed E-state index contributed by atoms with van der Waals surface area (Å²) in [6.45, 7) is 4.75. The lowest BCUT2D eigenvalue weighted by Crippen LogP contribution is -2.40. The summed E-state index contributed by atoms with van der Waals surface area (Å²) >= 11 is 0. The lowest BCUT2D eigenvalue weighted by Gasteiger charge is -2.32. The highest BCUT2D eigenvalue weighted by Gasteiger charge is 2.25. The molecule has 1 aromatic heterocycles. The first-order valence-electron chi connectivity index (χ1n) is 10.7. The van der Waals surface area contributed by atoms with Crippen LogP contribution in [-0.4, -0.2) is 56.7 Å². The SMILES string of the molecule is CN=C(NCCCOCC1CC1)NCc1cccnc1N1CCC(C(N)=O)CC1. The first kappa shape index (κ1) is 21.4. The van der Waals surface area contributed by atoms with Crippen LogP contribution in [0.3, 0.4) is 0 Å². The van der Waals surface area contributed by atoms with Crippen LogP contribution in [-0.2, 0) is 16.1 Å². The van der Waals surface area contributed by atoms with Crippen molar-refractivity contribution in [2.75, 3.05) is 44.8 Å². The Morgan fingerprint density at radius 3 is 2.79 bits per heavy atom. The monoisotopic (exact) mass is 402 g/mol. The summed E-state index contributed by atoms with van der Waals surface area (Å²) in [6, 6.07) is 4.03. The first-order chi connectivity index (χ1) is 14.2. The number of nitrogens with one attached hydrogen (secondary N) is 2. The Bertz CT molecular complexity index is 684. The summed E-state index contributed by atoms with van der Waals surface area (Å²) in [5.74, 6) is 2.34. The van der Waals surface area contributed by atoms with Gasteiger partial charge < -0.3 is 26.0 Å². The Morgan fingerprint density at radius 1 is 1.31 bits per heavy atom. The van der Waals surface area contributed by atoms with Gasteiger partial charge in [-0.1, -0.05) is 6.07 Å². The van der Waals surface area contributed by atoms with Crippen LogP contribution >= 0.6 is 0 Å². The van der Waals surface area contributed by atoms with Crippen molar-refractivity contribution in [2.24, 2.45) is 22.6 Å². The van der Waals surface area contributed by atoms with Crippen molar-refractivity contribution in [2.45, 2.75) is 38.6 Å². The van der Waals surface area contributed by atoms with Crippen LogP contribution < -0.4 is 21.3 Å². The summed E-state index contributed by atoms with van der Waals surface area (Å²) in [4.78, 5) is 22.5. The number of guanidine groups is 1. The van der Waals surface area contributed by atoms with Gasteiger partial charge in [-0.05, 0) is 44.1 Å². The molecule has 2 heterocycles. The van der Waals surface area contributed by atoms with Gasteiger partial charge >= 0.3 is 0 Å². The number of amides is 1. The third kappa shape index (κ3) is 6.88. The van der Waals surface area contributed by atoms with Crippen molar-refractivity contribution in [3.63, 3.8) is 0 Å². The Labute approximate surface area is 173 Å². The van der Waals surface area contributed by atoms with Gasteiger partial charge in [-0.25, -0.2) is 4.98 Å². The number of piperidine rings is 1. The number of aromatic nitrogens is 1. The van der Waals surface area contributed by atoms with E-state index in [2.05, 4.69) is 31.6 Å². The number of nitrogens with two attached hydrogens (primary N) is 1. The maximum absolute atomic E-state index is 11.4. The molecule has 8 heteroatoms. The van der Waals surface area contributed by atoms with Crippen molar-refractivity contribution in [3.05, 3.63) is 23.9 Å². The second-order valence-corrected chi connectivity index (χ2v) is 7.87. The van der Waals surface area contributed by atoms with Crippen LogP contribution in [0.4, 0.5) is 5.82 Å². The molecule has 0 unspecified atom stereocenters. The van der Waals surface area contributed by atoms with Crippen LogP contribution in [0.25, 0.3) is 0 Å². The molecule has 2 fully saturated rings. The van der Waals surface area contributed by atoms with Gasteiger partial charge in [0.25, 0.3) is 0 Å². The summed E-state index contributed by atoms with van der Waals surface area (Å²) in [7, 11) is 1.78. The average molecular weight is 403 g/mol. The third-order valence-electron chi connectivity index (χ3n) is 5.54. The highest BCUT2D eigenvalue weighted by atomic mass is 16.5. The largest absolute Gasteiger partial charge is 0.381 e. The molecule has 1 aliphatic carbocycles. The summed E-state index contributed by atoms with van der Waals surface area (Å²) in [5, 5.41) is 6.70. The minimum atomic E-state index is -0.194. The van der Waals surface area contributed by atoms with Crippen molar-refractivity contribution >= 4 is 17.7 Å². The van der Waals surface area contributed by atoms with Crippen LogP contribution in [0.5, 0.6) is 0 Å². The average Bonchev–Trinajstić information content (AvgIpc) is 3.57. The van der Waals surface area contributed by atoms with E-state index in [0.29, 0.717) is 6.54 Å². The van der Waals surface area contributed by atoms with Gasteiger partial charge in [0.15, 0.2) is 5.96 Å². The zero-order chi connectivity index (χ0) is 20.5. The smallest absolute Gasteiger partial charge is 0.220 e. The molecule has 0 atom stereocenters. The highest BCUT2D eigenvalue weighted by molar-refractivity contribution is 5.79. The van der Waals surface area contributed by atoms with Crippen LogP contribution in [0, 0.1) is 11.8 Å². The number of anilines is 1. The second-order valence-electron chi connectivity index (χ2n) is 7.87. The minimum absolute atomic E-state index is 0.0205. The maximum Gasteiger partial charge on any atom is 0.220 e. The molecule has 2 aliphatic rings. The summed E-state index contributed by atoms with van der Waals surface area (Å²) in [5.41, 5.74) is 6.56. The topological polar surface area (TPSA) is 105 Å². The van der Waals surface area contributed by atoms with Crippen molar-refractivity contribution < 1.29 is 9.53 Å². The summed E-state index contributed by atoms with van der Waals surface area (Å²) < 4.78 is 5.66. The van der Waals surface area contributed by atoms with Gasteiger partial charge in [0.1, 0.15) is 5.82 Å². The van der Waals surface area contributed by atoms with E-state index < -0.39 is 0 Å². The molecule has 4 N–H and O–H groups in total. The molecule has 0 aromatic carbocycles. The van der Waals surface area contributed by atoms with Gasteiger partial charge in [0.2, 0.25) is 5.91 Å². The molecule has 0 bridgehead atoms. The molecule has 160 valence electrons. The second kappa shape index (κ2) is 11.0. The molecule has 0 radical (unpaired) electrons. The normalized spacial score (nSPS) is 18.0. The molecule has 3 rings (SSSR count). The third-order valence-corrected chi connectivity index (χ3v) is 5.54. The molecule has 29 heavy (non-hydrogen) atoms. The molecule has 1 aromatic rings. The van der Waals surface area contributed by atoms with Crippen LogP contribution in [0.2, 0.25) is 0 Å². The number of primary amides is 1. The van der Waals surface area contributed by atoms with Crippen LogP contribution in [0.1, 0.15) is 37.7 Å². The van der Waals surface area contributed by atoms with E-state index in [1.54, 1.807) is 7.05 Å². The molecule has 1 amide bonds. The molecule has 1 aliphatic heterocycles. The Balaban J connectivity index is 1.42. The van der Waals surface area contributed by atoms with Gasteiger partial charge in [-0.3, -0.25) is 9.79 Å². The molecule has 1 saturated heterocycles. The fourth-order valence-corrected chi connectivity index (χ4v) is 3.54. The number of pyridine rings is 1. The minimum Gasteiger partial charge on any atom is -0.381 e. The van der Waals surface area contributed by atoms with Crippen LogP contribution in [0.15, 0.2) is 23.3 Å². The quantitative estimate of drug-likeness (QED) is 0.309. The number of rotatable bonds is 10. The summed E-state index contributed by atoms with van der Waals surface area (Å²) in [6.07, 6.45) is 6.99. The Morgan fingerprint density at radius 2 is 2.10 bits per heavy atom. The van der Waals surface area contributed by atoms with Crippen molar-refractivity contribution in [1.82, 2.24) is 15.6 Å². The fraction of sp³-hybridized carbons (Fsp3) is 0.667. The number of ether oxygens (including phenoxy) is 1. The number of hydrogen-bond donors (Lipinski definition) is 3. The number of carbonyl (C=O) groups is 1. The molecule has 8 nitrogen and oxygen atoms in total. The van der Waals surface area contributed by atoms with E-state index in [0.717, 1.165) is 75.4 Å². The zero-order valence-electron chi connectivity index (χ0n) is 17.4. The zero-order valence-corrected chi connectivity index (χ0v) is 17.4. The van der Waals surface area contributed by atoms with E-state index in [4.69, 9.17) is 10.5 Å². The van der Waals surface area contributed by atoms with Gasteiger partial charge in [0, 0.05) is 64.1 Å². The predicted octanol–water partition coefficient (Wildman–Crippen LogP) is 1.27. The Hall–Kier alpha value is -2.35. The lowest BCUT2D eigenvalue weighted by atomic mass is 9.96. The van der Waals surface area contributed by atoms with E-state index in [1.807, 2.05) is 12.3 Å². The first-order valence-corrected chi connectivity index (χ1v) is 10.7. The number of aliphatic imine (C=N–C) groups is 1.